The molecule has 0 aliphatic carbocycles. The number of carbonyl (C=O) groups is 1. The van der Waals surface area contributed by atoms with Crippen LogP contribution in [0.3, 0.4) is 0 Å². The highest BCUT2D eigenvalue weighted by molar-refractivity contribution is 5.66. The topological polar surface area (TPSA) is 64.3 Å². The maximum Gasteiger partial charge on any atom is 0.407 e. The summed E-state index contributed by atoms with van der Waals surface area (Å²) >= 11 is 0. The van der Waals surface area contributed by atoms with Crippen LogP contribution in [0.2, 0.25) is 0 Å². The number of alkyl carbamates (subject to hydrolysis) is 1. The maximum absolute atomic E-state index is 11.0. The summed E-state index contributed by atoms with van der Waals surface area (Å²) in [5, 5.41) is 2.55. The van der Waals surface area contributed by atoms with E-state index in [1.54, 1.807) is 0 Å². The third-order valence-electron chi connectivity index (χ3n) is 2.09. The van der Waals surface area contributed by atoms with E-state index in [0.717, 1.165) is 5.56 Å². The molecule has 0 aliphatic rings. The number of rotatable bonds is 5. The molecule has 4 nitrogen and oxygen atoms in total. The molecule has 1 atom stereocenters. The number of nitrogens with one attached hydrogen (secondary N) is 1. The number of nitrogens with two attached hydrogens (primary N) is 1. The second kappa shape index (κ2) is 6.85. The number of amides is 1. The van der Waals surface area contributed by atoms with Gasteiger partial charge in [0.2, 0.25) is 0 Å². The molecule has 1 rings (SSSR count). The molecule has 4 heteroatoms. The Morgan fingerprint density at radius 1 is 1.44 bits per heavy atom. The van der Waals surface area contributed by atoms with Crippen molar-refractivity contribution in [2.75, 3.05) is 13.2 Å². The van der Waals surface area contributed by atoms with Crippen molar-refractivity contribution in [2.24, 2.45) is 5.73 Å². The first-order chi connectivity index (χ1) is 7.72. The van der Waals surface area contributed by atoms with Crippen molar-refractivity contribution in [1.29, 1.82) is 0 Å². The molecule has 0 aliphatic heterocycles. The highest BCUT2D eigenvalue weighted by Crippen LogP contribution is 2.01. The zero-order valence-electron chi connectivity index (χ0n) is 9.48. The molecule has 0 spiro atoms. The van der Waals surface area contributed by atoms with Crippen LogP contribution >= 0.6 is 0 Å². The molecule has 1 aromatic carbocycles. The smallest absolute Gasteiger partial charge is 0.407 e. The van der Waals surface area contributed by atoms with E-state index in [2.05, 4.69) is 5.32 Å². The first-order valence-electron chi connectivity index (χ1n) is 5.42. The highest BCUT2D eigenvalue weighted by atomic mass is 16.5. The van der Waals surface area contributed by atoms with E-state index < -0.39 is 6.09 Å². The van der Waals surface area contributed by atoms with Gasteiger partial charge in [-0.05, 0) is 18.9 Å². The Hall–Kier alpha value is -1.55. The Balaban J connectivity index is 2.26. The lowest BCUT2D eigenvalue weighted by Crippen LogP contribution is -2.33. The normalized spacial score (nSPS) is 11.9. The second-order valence-corrected chi connectivity index (χ2v) is 3.58. The minimum absolute atomic E-state index is 0.162. The highest BCUT2D eigenvalue weighted by Gasteiger charge is 2.07. The molecule has 0 unspecified atom stereocenters. The largest absolute Gasteiger partial charge is 0.448 e. The maximum atomic E-state index is 11.0. The van der Waals surface area contributed by atoms with Crippen LogP contribution in [0.4, 0.5) is 4.79 Å². The van der Waals surface area contributed by atoms with Crippen LogP contribution in [0.5, 0.6) is 0 Å². The van der Waals surface area contributed by atoms with Crippen molar-refractivity contribution in [1.82, 2.24) is 5.32 Å². The zero-order valence-corrected chi connectivity index (χ0v) is 9.48. The quantitative estimate of drug-likeness (QED) is 0.789. The van der Waals surface area contributed by atoms with E-state index in [0.29, 0.717) is 13.0 Å². The average Bonchev–Trinajstić information content (AvgIpc) is 2.28. The minimum atomic E-state index is -0.411. The van der Waals surface area contributed by atoms with E-state index in [1.165, 1.54) is 0 Å². The molecule has 0 aromatic heterocycles. The summed E-state index contributed by atoms with van der Waals surface area (Å²) in [6, 6.07) is 9.74. The number of hydrogen-bond acceptors (Lipinski definition) is 3. The molecule has 3 N–H and O–H groups in total. The number of carbonyl (C=O) groups excluding carboxylic acids is 1. The Bertz CT molecular complexity index is 314. The SMILES string of the molecule is CCNC(=O)OC[C@@H](N)Cc1ccccc1. The van der Waals surface area contributed by atoms with Crippen LogP contribution in [0, 0.1) is 0 Å². The van der Waals surface area contributed by atoms with Crippen molar-refractivity contribution in [2.45, 2.75) is 19.4 Å². The van der Waals surface area contributed by atoms with Gasteiger partial charge in [-0.2, -0.15) is 0 Å². The third-order valence-corrected chi connectivity index (χ3v) is 2.09. The first kappa shape index (κ1) is 12.5. The van der Waals surface area contributed by atoms with Crippen molar-refractivity contribution >= 4 is 6.09 Å². The summed E-state index contributed by atoms with van der Waals surface area (Å²) in [6.45, 7) is 2.64. The number of benzene rings is 1. The third kappa shape index (κ3) is 4.79. The fourth-order valence-electron chi connectivity index (χ4n) is 1.35. The molecule has 88 valence electrons. The molecule has 1 amide bonds. The van der Waals surface area contributed by atoms with Gasteiger partial charge in [0.15, 0.2) is 0 Å². The van der Waals surface area contributed by atoms with Gasteiger partial charge < -0.3 is 15.8 Å². The predicted octanol–water partition coefficient (Wildman–Crippen LogP) is 1.30. The Morgan fingerprint density at radius 3 is 2.75 bits per heavy atom. The van der Waals surface area contributed by atoms with Gasteiger partial charge in [0.1, 0.15) is 6.61 Å². The summed E-state index contributed by atoms with van der Waals surface area (Å²) in [5.41, 5.74) is 6.99. The van der Waals surface area contributed by atoms with Gasteiger partial charge in [0.25, 0.3) is 0 Å². The number of hydrogen-bond donors (Lipinski definition) is 2. The van der Waals surface area contributed by atoms with Gasteiger partial charge in [-0.15, -0.1) is 0 Å². The molecular formula is C12H18N2O2. The van der Waals surface area contributed by atoms with Crippen molar-refractivity contribution < 1.29 is 9.53 Å². The Morgan fingerprint density at radius 2 is 2.12 bits per heavy atom. The van der Waals surface area contributed by atoms with E-state index >= 15 is 0 Å². The minimum Gasteiger partial charge on any atom is -0.448 e. The Kier molecular flexibility index (Phi) is 5.36. The van der Waals surface area contributed by atoms with Crippen LogP contribution in [-0.4, -0.2) is 25.3 Å². The number of ether oxygens (including phenoxy) is 1. The molecule has 0 saturated carbocycles. The predicted molar refractivity (Wildman–Crippen MR) is 63.1 cm³/mol. The van der Waals surface area contributed by atoms with E-state index in [-0.39, 0.29) is 12.6 Å². The lowest BCUT2D eigenvalue weighted by atomic mass is 10.1. The standard InChI is InChI=1S/C12H18N2O2/c1-2-14-12(15)16-9-11(13)8-10-6-4-3-5-7-10/h3-7,11H,2,8-9,13H2,1H3,(H,14,15)/t11-/m0/s1. The summed E-state index contributed by atoms with van der Waals surface area (Å²) in [7, 11) is 0. The molecule has 1 aromatic rings. The van der Waals surface area contributed by atoms with E-state index in [9.17, 15) is 4.79 Å². The zero-order chi connectivity index (χ0) is 11.8. The van der Waals surface area contributed by atoms with Gasteiger partial charge in [0.05, 0.1) is 0 Å². The second-order valence-electron chi connectivity index (χ2n) is 3.58. The van der Waals surface area contributed by atoms with Crippen LogP contribution in [-0.2, 0) is 11.2 Å². The van der Waals surface area contributed by atoms with Crippen molar-refractivity contribution in [3.8, 4) is 0 Å². The molecule has 0 saturated heterocycles. The summed E-state index contributed by atoms with van der Waals surface area (Å²) < 4.78 is 4.94. The summed E-state index contributed by atoms with van der Waals surface area (Å²) in [5.74, 6) is 0. The average molecular weight is 222 g/mol. The molecule has 0 radical (unpaired) electrons. The fourth-order valence-corrected chi connectivity index (χ4v) is 1.35. The van der Waals surface area contributed by atoms with Gasteiger partial charge >= 0.3 is 6.09 Å². The van der Waals surface area contributed by atoms with Crippen molar-refractivity contribution in [3.63, 3.8) is 0 Å². The Labute approximate surface area is 95.8 Å². The summed E-state index contributed by atoms with van der Waals surface area (Å²) in [6.07, 6.45) is 0.297. The van der Waals surface area contributed by atoms with Gasteiger partial charge in [-0.3, -0.25) is 0 Å². The van der Waals surface area contributed by atoms with Crippen molar-refractivity contribution in [3.05, 3.63) is 35.9 Å². The van der Waals surface area contributed by atoms with Crippen LogP contribution in [0.15, 0.2) is 30.3 Å². The molecule has 0 bridgehead atoms. The monoisotopic (exact) mass is 222 g/mol. The van der Waals surface area contributed by atoms with Crippen LogP contribution in [0.1, 0.15) is 12.5 Å². The lowest BCUT2D eigenvalue weighted by Gasteiger charge is -2.12. The molecular weight excluding hydrogens is 204 g/mol. The van der Waals surface area contributed by atoms with Gasteiger partial charge in [0, 0.05) is 12.6 Å². The molecule has 0 fully saturated rings. The fraction of sp³-hybridized carbons (Fsp3) is 0.417. The molecule has 16 heavy (non-hydrogen) atoms. The van der Waals surface area contributed by atoms with Crippen LogP contribution < -0.4 is 11.1 Å². The van der Waals surface area contributed by atoms with E-state index in [1.807, 2.05) is 37.3 Å². The van der Waals surface area contributed by atoms with Crippen LogP contribution in [0.25, 0.3) is 0 Å². The van der Waals surface area contributed by atoms with Gasteiger partial charge in [-0.1, -0.05) is 30.3 Å². The first-order valence-corrected chi connectivity index (χ1v) is 5.42. The lowest BCUT2D eigenvalue weighted by molar-refractivity contribution is 0.139. The van der Waals surface area contributed by atoms with E-state index in [4.69, 9.17) is 10.5 Å². The molecule has 0 heterocycles. The van der Waals surface area contributed by atoms with Gasteiger partial charge in [-0.25, -0.2) is 4.79 Å². The summed E-state index contributed by atoms with van der Waals surface area (Å²) in [4.78, 5) is 11.0.